The van der Waals surface area contributed by atoms with Gasteiger partial charge in [-0.15, -0.1) is 0 Å². The van der Waals surface area contributed by atoms with Crippen LogP contribution < -0.4 is 22.1 Å². The highest BCUT2D eigenvalue weighted by Gasteiger charge is 2.15. The van der Waals surface area contributed by atoms with Crippen molar-refractivity contribution in [1.29, 1.82) is 0 Å². The lowest BCUT2D eigenvalue weighted by molar-refractivity contribution is 1.40. The number of benzene rings is 3. The SMILES string of the molecule is Nc1ccc(N)c(CP(c2ccccc2)c2ccccc2)c1. The molecule has 0 bridgehead atoms. The average Bonchev–Trinajstić information content (AvgIpc) is 2.57. The summed E-state index contributed by atoms with van der Waals surface area (Å²) in [5, 5.41) is 2.70. The van der Waals surface area contributed by atoms with Crippen molar-refractivity contribution in [3.63, 3.8) is 0 Å². The third-order valence-electron chi connectivity index (χ3n) is 3.63. The van der Waals surface area contributed by atoms with Crippen LogP contribution in [0.2, 0.25) is 0 Å². The molecule has 3 aromatic rings. The molecule has 4 N–H and O–H groups in total. The molecule has 0 fully saturated rings. The topological polar surface area (TPSA) is 52.0 Å². The second-order valence-corrected chi connectivity index (χ2v) is 7.42. The van der Waals surface area contributed by atoms with Gasteiger partial charge in [-0.25, -0.2) is 0 Å². The number of hydrogen-bond donors (Lipinski definition) is 2. The van der Waals surface area contributed by atoms with Crippen LogP contribution in [0.1, 0.15) is 5.56 Å². The van der Waals surface area contributed by atoms with Crippen molar-refractivity contribution in [2.45, 2.75) is 6.16 Å². The molecule has 2 nitrogen and oxygen atoms in total. The summed E-state index contributed by atoms with van der Waals surface area (Å²) < 4.78 is 0. The lowest BCUT2D eigenvalue weighted by Crippen LogP contribution is -2.13. The summed E-state index contributed by atoms with van der Waals surface area (Å²) in [6.07, 6.45) is 0.903. The fourth-order valence-corrected chi connectivity index (χ4v) is 4.82. The Morgan fingerprint density at radius 1 is 0.682 bits per heavy atom. The number of anilines is 2. The van der Waals surface area contributed by atoms with Crippen LogP contribution in [0.3, 0.4) is 0 Å². The van der Waals surface area contributed by atoms with Crippen molar-refractivity contribution >= 4 is 29.9 Å². The molecule has 0 radical (unpaired) electrons. The van der Waals surface area contributed by atoms with Crippen LogP contribution in [-0.2, 0) is 6.16 Å². The molecule has 0 saturated heterocycles. The van der Waals surface area contributed by atoms with E-state index in [2.05, 4.69) is 60.7 Å². The Balaban J connectivity index is 2.01. The lowest BCUT2D eigenvalue weighted by Gasteiger charge is -2.20. The molecule has 0 aliphatic carbocycles. The molecule has 3 heteroatoms. The second kappa shape index (κ2) is 6.64. The molecule has 0 aromatic heterocycles. The van der Waals surface area contributed by atoms with Crippen molar-refractivity contribution in [1.82, 2.24) is 0 Å². The Hall–Kier alpha value is -2.31. The molecular weight excluding hydrogens is 287 g/mol. The van der Waals surface area contributed by atoms with Crippen molar-refractivity contribution in [2.24, 2.45) is 0 Å². The van der Waals surface area contributed by atoms with Gasteiger partial charge in [0.05, 0.1) is 0 Å². The van der Waals surface area contributed by atoms with E-state index in [9.17, 15) is 0 Å². The summed E-state index contributed by atoms with van der Waals surface area (Å²) in [6, 6.07) is 27.0. The van der Waals surface area contributed by atoms with Crippen molar-refractivity contribution in [3.05, 3.63) is 84.4 Å². The van der Waals surface area contributed by atoms with E-state index >= 15 is 0 Å². The molecule has 3 aromatic carbocycles. The minimum absolute atomic E-state index is 0.491. The number of nitrogen functional groups attached to an aromatic ring is 2. The van der Waals surface area contributed by atoms with Crippen molar-refractivity contribution in [3.8, 4) is 0 Å². The largest absolute Gasteiger partial charge is 0.399 e. The molecule has 0 spiro atoms. The van der Waals surface area contributed by atoms with E-state index in [1.165, 1.54) is 10.6 Å². The molecule has 3 rings (SSSR count). The fraction of sp³-hybridized carbons (Fsp3) is 0.0526. The van der Waals surface area contributed by atoms with Gasteiger partial charge in [0.1, 0.15) is 0 Å². The van der Waals surface area contributed by atoms with Gasteiger partial charge in [-0.05, 0) is 42.3 Å². The normalized spacial score (nSPS) is 10.8. The zero-order chi connectivity index (χ0) is 15.4. The maximum absolute atomic E-state index is 6.15. The fourth-order valence-electron chi connectivity index (χ4n) is 2.48. The van der Waals surface area contributed by atoms with Crippen LogP contribution in [0.4, 0.5) is 11.4 Å². The van der Waals surface area contributed by atoms with Gasteiger partial charge >= 0.3 is 0 Å². The first-order valence-corrected chi connectivity index (χ1v) is 8.78. The van der Waals surface area contributed by atoms with Gasteiger partial charge in [0.2, 0.25) is 0 Å². The molecule has 22 heavy (non-hydrogen) atoms. The number of nitrogens with two attached hydrogens (primary N) is 2. The van der Waals surface area contributed by atoms with Gasteiger partial charge in [0.25, 0.3) is 0 Å². The third kappa shape index (κ3) is 3.29. The van der Waals surface area contributed by atoms with E-state index in [0.29, 0.717) is 0 Å². The molecule has 0 aliphatic rings. The molecule has 0 unspecified atom stereocenters. The minimum atomic E-state index is -0.491. The molecule has 0 atom stereocenters. The Bertz CT molecular complexity index is 702. The molecule has 0 aliphatic heterocycles. The Morgan fingerprint density at radius 2 is 1.23 bits per heavy atom. The van der Waals surface area contributed by atoms with Crippen molar-refractivity contribution < 1.29 is 0 Å². The quantitative estimate of drug-likeness (QED) is 0.573. The van der Waals surface area contributed by atoms with Crippen LogP contribution >= 0.6 is 7.92 Å². The van der Waals surface area contributed by atoms with Gasteiger partial charge in [-0.3, -0.25) is 0 Å². The minimum Gasteiger partial charge on any atom is -0.399 e. The van der Waals surface area contributed by atoms with E-state index in [-0.39, 0.29) is 0 Å². The van der Waals surface area contributed by atoms with Crippen LogP contribution in [0.5, 0.6) is 0 Å². The lowest BCUT2D eigenvalue weighted by atomic mass is 10.2. The van der Waals surface area contributed by atoms with E-state index in [1.807, 2.05) is 18.2 Å². The van der Waals surface area contributed by atoms with Gasteiger partial charge in [-0.2, -0.15) is 0 Å². The maximum atomic E-state index is 6.15. The summed E-state index contributed by atoms with van der Waals surface area (Å²) in [7, 11) is -0.491. The van der Waals surface area contributed by atoms with Crippen molar-refractivity contribution in [2.75, 3.05) is 11.5 Å². The van der Waals surface area contributed by atoms with Gasteiger partial charge in [0.15, 0.2) is 0 Å². The molecule has 0 heterocycles. The molecular formula is C19H19N2P. The zero-order valence-corrected chi connectivity index (χ0v) is 13.2. The first-order valence-electron chi connectivity index (χ1n) is 7.25. The summed E-state index contributed by atoms with van der Waals surface area (Å²) in [4.78, 5) is 0. The van der Waals surface area contributed by atoms with Crippen LogP contribution in [0.25, 0.3) is 0 Å². The smallest absolute Gasteiger partial charge is 0.0351 e. The molecule has 110 valence electrons. The van der Waals surface area contributed by atoms with E-state index in [0.717, 1.165) is 23.1 Å². The summed E-state index contributed by atoms with van der Waals surface area (Å²) in [5.74, 6) is 0. The predicted octanol–water partition coefficient (Wildman–Crippen LogP) is 3.48. The Kier molecular flexibility index (Phi) is 4.41. The van der Waals surface area contributed by atoms with Crippen LogP contribution in [0.15, 0.2) is 78.9 Å². The highest BCUT2D eigenvalue weighted by molar-refractivity contribution is 7.72. The summed E-state index contributed by atoms with van der Waals surface area (Å²) in [5.41, 5.74) is 14.8. The third-order valence-corrected chi connectivity index (χ3v) is 6.13. The Morgan fingerprint density at radius 3 is 1.77 bits per heavy atom. The number of hydrogen-bond acceptors (Lipinski definition) is 2. The summed E-state index contributed by atoms with van der Waals surface area (Å²) in [6.45, 7) is 0. The Labute approximate surface area is 132 Å². The highest BCUT2D eigenvalue weighted by atomic mass is 31.1. The van der Waals surface area contributed by atoms with Gasteiger partial charge < -0.3 is 11.5 Å². The van der Waals surface area contributed by atoms with E-state index < -0.39 is 7.92 Å². The van der Waals surface area contributed by atoms with E-state index in [1.54, 1.807) is 0 Å². The van der Waals surface area contributed by atoms with Gasteiger partial charge in [0, 0.05) is 17.5 Å². The molecule has 0 saturated carbocycles. The maximum Gasteiger partial charge on any atom is 0.0351 e. The monoisotopic (exact) mass is 306 g/mol. The molecule has 0 amide bonds. The zero-order valence-electron chi connectivity index (χ0n) is 12.3. The van der Waals surface area contributed by atoms with Crippen LogP contribution in [0, 0.1) is 0 Å². The standard InChI is InChI=1S/C19H19N2P/c20-16-11-12-19(21)15(13-16)14-22(17-7-3-1-4-8-17)18-9-5-2-6-10-18/h1-13H,14,20-21H2. The van der Waals surface area contributed by atoms with Crippen LogP contribution in [-0.4, -0.2) is 0 Å². The van der Waals surface area contributed by atoms with Gasteiger partial charge in [-0.1, -0.05) is 60.7 Å². The average molecular weight is 306 g/mol. The summed E-state index contributed by atoms with van der Waals surface area (Å²) >= 11 is 0. The first kappa shape index (κ1) is 14.6. The highest BCUT2D eigenvalue weighted by Crippen LogP contribution is 2.39. The first-order chi connectivity index (χ1) is 10.7. The number of rotatable bonds is 4. The van der Waals surface area contributed by atoms with E-state index in [4.69, 9.17) is 11.5 Å². The predicted molar refractivity (Wildman–Crippen MR) is 98.0 cm³/mol. The second-order valence-electron chi connectivity index (χ2n) is 5.22.